The number of aromatic nitrogens is 2. The van der Waals surface area contributed by atoms with Gasteiger partial charge < -0.3 is 9.64 Å². The van der Waals surface area contributed by atoms with Gasteiger partial charge >= 0.3 is 6.09 Å². The summed E-state index contributed by atoms with van der Waals surface area (Å²) in [6.07, 6.45) is 5.48. The van der Waals surface area contributed by atoms with Crippen molar-refractivity contribution in [2.45, 2.75) is 38.1 Å². The van der Waals surface area contributed by atoms with Crippen molar-refractivity contribution in [1.29, 1.82) is 0 Å². The van der Waals surface area contributed by atoms with E-state index in [1.165, 1.54) is 31.6 Å². The summed E-state index contributed by atoms with van der Waals surface area (Å²) in [7, 11) is 2.06. The topological polar surface area (TPSA) is 50.6 Å². The number of carbonyl (C=O) groups excluding carboxylic acids is 1. The number of fused-ring (bicyclic) bond motifs is 1. The van der Waals surface area contributed by atoms with E-state index in [0.717, 1.165) is 43.3 Å². The SMILES string of the molecule is CCOC(=O)N1CCC2(CC(N3C[C@@H]4C(c5ccnn5C)[C@@H]4C3)C2)C1. The van der Waals surface area contributed by atoms with E-state index >= 15 is 0 Å². The lowest BCUT2D eigenvalue weighted by Crippen LogP contribution is -2.52. The van der Waals surface area contributed by atoms with E-state index < -0.39 is 0 Å². The summed E-state index contributed by atoms with van der Waals surface area (Å²) in [5, 5.41) is 4.33. The third kappa shape index (κ3) is 2.40. The molecule has 1 spiro atoms. The molecule has 6 nitrogen and oxygen atoms in total. The maximum absolute atomic E-state index is 11.9. The predicted molar refractivity (Wildman–Crippen MR) is 93.2 cm³/mol. The highest BCUT2D eigenvalue weighted by atomic mass is 16.6. The summed E-state index contributed by atoms with van der Waals surface area (Å²) in [5.74, 6) is 2.42. The predicted octanol–water partition coefficient (Wildman–Crippen LogP) is 2.08. The minimum absolute atomic E-state index is 0.121. The Hall–Kier alpha value is -1.56. The van der Waals surface area contributed by atoms with Gasteiger partial charge in [0.1, 0.15) is 0 Å². The second-order valence-corrected chi connectivity index (χ2v) is 8.62. The van der Waals surface area contributed by atoms with Crippen LogP contribution in [0, 0.1) is 17.3 Å². The highest BCUT2D eigenvalue weighted by Crippen LogP contribution is 2.60. The average molecular weight is 344 g/mol. The molecule has 1 amide bonds. The van der Waals surface area contributed by atoms with Crippen molar-refractivity contribution in [2.24, 2.45) is 24.3 Å². The van der Waals surface area contributed by atoms with E-state index in [9.17, 15) is 4.79 Å². The van der Waals surface area contributed by atoms with E-state index in [0.29, 0.717) is 12.0 Å². The number of carbonyl (C=O) groups is 1. The maximum Gasteiger partial charge on any atom is 0.409 e. The van der Waals surface area contributed by atoms with Crippen LogP contribution in [0.15, 0.2) is 12.3 Å². The third-order valence-corrected chi connectivity index (χ3v) is 7.24. The third-order valence-electron chi connectivity index (χ3n) is 7.24. The lowest BCUT2D eigenvalue weighted by Gasteiger charge is -2.49. The number of hydrogen-bond donors (Lipinski definition) is 0. The van der Waals surface area contributed by atoms with Crippen LogP contribution < -0.4 is 0 Å². The Morgan fingerprint density at radius 3 is 2.76 bits per heavy atom. The fourth-order valence-electron chi connectivity index (χ4n) is 5.84. The van der Waals surface area contributed by atoms with E-state index in [-0.39, 0.29) is 6.09 Å². The molecule has 3 heterocycles. The highest BCUT2D eigenvalue weighted by Gasteiger charge is 2.60. The van der Waals surface area contributed by atoms with Gasteiger partial charge in [0.15, 0.2) is 0 Å². The van der Waals surface area contributed by atoms with Crippen LogP contribution in [0.4, 0.5) is 4.79 Å². The zero-order valence-corrected chi connectivity index (χ0v) is 15.2. The largest absolute Gasteiger partial charge is 0.450 e. The van der Waals surface area contributed by atoms with Crippen LogP contribution in [0.1, 0.15) is 37.8 Å². The molecule has 0 radical (unpaired) electrons. The Bertz CT molecular complexity index is 669. The van der Waals surface area contributed by atoms with Crippen molar-refractivity contribution in [1.82, 2.24) is 19.6 Å². The first-order valence-corrected chi connectivity index (χ1v) is 9.74. The van der Waals surface area contributed by atoms with Crippen molar-refractivity contribution >= 4 is 6.09 Å². The molecule has 4 aliphatic rings. The Labute approximate surface area is 149 Å². The van der Waals surface area contributed by atoms with Crippen LogP contribution in [0.25, 0.3) is 0 Å². The molecule has 1 aromatic rings. The van der Waals surface area contributed by atoms with Crippen molar-refractivity contribution < 1.29 is 9.53 Å². The summed E-state index contributed by atoms with van der Waals surface area (Å²) in [4.78, 5) is 16.6. The molecule has 3 atom stereocenters. The lowest BCUT2D eigenvalue weighted by molar-refractivity contribution is 0.0117. The second kappa shape index (κ2) is 5.47. The summed E-state index contributed by atoms with van der Waals surface area (Å²) in [6.45, 7) is 6.63. The van der Waals surface area contributed by atoms with E-state index in [1.54, 1.807) is 0 Å². The molecule has 25 heavy (non-hydrogen) atoms. The Kier molecular flexibility index (Phi) is 3.43. The Morgan fingerprint density at radius 1 is 1.36 bits per heavy atom. The Morgan fingerprint density at radius 2 is 2.12 bits per heavy atom. The van der Waals surface area contributed by atoms with E-state index in [1.807, 2.05) is 22.7 Å². The molecule has 2 aliphatic carbocycles. The lowest BCUT2D eigenvalue weighted by atomic mass is 9.64. The molecule has 2 aliphatic heterocycles. The molecule has 2 saturated heterocycles. The maximum atomic E-state index is 11.9. The molecule has 1 unspecified atom stereocenters. The summed E-state index contributed by atoms with van der Waals surface area (Å²) in [5.41, 5.74) is 1.80. The first-order chi connectivity index (χ1) is 12.1. The van der Waals surface area contributed by atoms with Gasteiger partial charge in [-0.1, -0.05) is 0 Å². The van der Waals surface area contributed by atoms with Gasteiger partial charge in [-0.25, -0.2) is 4.79 Å². The number of piperidine rings is 1. The van der Waals surface area contributed by atoms with Gasteiger partial charge in [-0.15, -0.1) is 0 Å². The minimum Gasteiger partial charge on any atom is -0.450 e. The Balaban J connectivity index is 1.13. The zero-order chi connectivity index (χ0) is 17.2. The molecule has 5 rings (SSSR count). The molecule has 0 bridgehead atoms. The van der Waals surface area contributed by atoms with Gasteiger partial charge in [-0.05, 0) is 49.5 Å². The average Bonchev–Trinajstić information content (AvgIpc) is 3.03. The number of ether oxygens (including phenoxy) is 1. The zero-order valence-electron chi connectivity index (χ0n) is 15.2. The quantitative estimate of drug-likeness (QED) is 0.842. The van der Waals surface area contributed by atoms with Crippen molar-refractivity contribution in [3.05, 3.63) is 18.0 Å². The van der Waals surface area contributed by atoms with Gasteiger partial charge in [-0.3, -0.25) is 9.58 Å². The monoisotopic (exact) mass is 344 g/mol. The van der Waals surface area contributed by atoms with Crippen LogP contribution in [-0.2, 0) is 11.8 Å². The number of rotatable bonds is 3. The first kappa shape index (κ1) is 15.7. The fourth-order valence-corrected chi connectivity index (χ4v) is 5.84. The number of amides is 1. The van der Waals surface area contributed by atoms with Crippen LogP contribution in [0.3, 0.4) is 0 Å². The van der Waals surface area contributed by atoms with Gasteiger partial charge in [0, 0.05) is 57.1 Å². The van der Waals surface area contributed by atoms with Crippen molar-refractivity contribution in [3.8, 4) is 0 Å². The summed E-state index contributed by atoms with van der Waals surface area (Å²) in [6, 6.07) is 2.93. The summed E-state index contributed by atoms with van der Waals surface area (Å²) < 4.78 is 7.21. The number of aryl methyl sites for hydroxylation is 1. The van der Waals surface area contributed by atoms with E-state index in [2.05, 4.69) is 23.1 Å². The minimum atomic E-state index is -0.121. The molecule has 6 heteroatoms. The van der Waals surface area contributed by atoms with Crippen LogP contribution in [-0.4, -0.2) is 64.5 Å². The van der Waals surface area contributed by atoms with Crippen LogP contribution in [0.2, 0.25) is 0 Å². The molecule has 1 aromatic heterocycles. The molecule has 0 N–H and O–H groups in total. The number of likely N-dealkylation sites (tertiary alicyclic amines) is 2. The van der Waals surface area contributed by atoms with Gasteiger partial charge in [0.05, 0.1) is 6.61 Å². The van der Waals surface area contributed by atoms with Crippen LogP contribution >= 0.6 is 0 Å². The normalized spacial score (nSPS) is 39.5. The number of nitrogens with zero attached hydrogens (tertiary/aromatic N) is 4. The smallest absolute Gasteiger partial charge is 0.409 e. The highest BCUT2D eigenvalue weighted by molar-refractivity contribution is 5.68. The van der Waals surface area contributed by atoms with E-state index in [4.69, 9.17) is 4.74 Å². The first-order valence-electron chi connectivity index (χ1n) is 9.74. The second-order valence-electron chi connectivity index (χ2n) is 8.62. The van der Waals surface area contributed by atoms with Gasteiger partial charge in [-0.2, -0.15) is 5.10 Å². The van der Waals surface area contributed by atoms with Gasteiger partial charge in [0.2, 0.25) is 0 Å². The van der Waals surface area contributed by atoms with Crippen LogP contribution in [0.5, 0.6) is 0 Å². The summed E-state index contributed by atoms with van der Waals surface area (Å²) >= 11 is 0. The van der Waals surface area contributed by atoms with Crippen molar-refractivity contribution in [3.63, 3.8) is 0 Å². The van der Waals surface area contributed by atoms with Gasteiger partial charge in [0.25, 0.3) is 0 Å². The molecule has 0 aromatic carbocycles. The van der Waals surface area contributed by atoms with Crippen molar-refractivity contribution in [2.75, 3.05) is 32.8 Å². The number of hydrogen-bond acceptors (Lipinski definition) is 4. The fraction of sp³-hybridized carbons (Fsp3) is 0.789. The molecular weight excluding hydrogens is 316 g/mol. The molecular formula is C19H28N4O2. The standard InChI is InChI=1S/C19H28N4O2/c1-3-25-18(24)22-7-5-19(12-22)8-13(9-19)23-10-14-15(11-23)17(14)16-4-6-20-21(16)2/h4,6,13-15,17H,3,5,7-12H2,1-2H3/t13?,14-,15+,17?,19?. The molecule has 2 saturated carbocycles. The molecule has 136 valence electrons. The molecule has 4 fully saturated rings.